The molecule has 0 bridgehead atoms. The molecule has 2 aromatic rings. The number of ketones is 1. The summed E-state index contributed by atoms with van der Waals surface area (Å²) in [5, 5.41) is 2.54. The Kier molecular flexibility index (Phi) is 3.35. The summed E-state index contributed by atoms with van der Waals surface area (Å²) < 4.78 is 4.86. The summed E-state index contributed by atoms with van der Waals surface area (Å²) in [5.41, 5.74) is 0.938. The van der Waals surface area contributed by atoms with Crippen LogP contribution in [0.15, 0.2) is 53.1 Å². The Bertz CT molecular complexity index is 503. The summed E-state index contributed by atoms with van der Waals surface area (Å²) in [7, 11) is 0. The van der Waals surface area contributed by atoms with Gasteiger partial charge in [-0.1, -0.05) is 30.3 Å². The third kappa shape index (κ3) is 2.81. The molecule has 4 nitrogen and oxygen atoms in total. The zero-order chi connectivity index (χ0) is 12.1. The molecule has 0 saturated carbocycles. The van der Waals surface area contributed by atoms with Crippen molar-refractivity contribution in [1.29, 1.82) is 0 Å². The van der Waals surface area contributed by atoms with E-state index in [1.807, 2.05) is 30.3 Å². The lowest BCUT2D eigenvalue weighted by molar-refractivity contribution is -0.117. The van der Waals surface area contributed by atoms with Crippen LogP contribution in [0.1, 0.15) is 16.1 Å². The monoisotopic (exact) mass is 229 g/mol. The van der Waals surface area contributed by atoms with Gasteiger partial charge in [0.2, 0.25) is 0 Å². The maximum atomic E-state index is 11.5. The predicted octanol–water partition coefficient (Wildman–Crippen LogP) is 1.78. The lowest BCUT2D eigenvalue weighted by Gasteiger charge is -2.02. The van der Waals surface area contributed by atoms with Gasteiger partial charge in [-0.15, -0.1) is 0 Å². The van der Waals surface area contributed by atoms with Crippen molar-refractivity contribution < 1.29 is 14.0 Å². The van der Waals surface area contributed by atoms with E-state index in [0.29, 0.717) is 6.54 Å². The third-order valence-corrected chi connectivity index (χ3v) is 2.25. The fraction of sp³-hybridized carbons (Fsp3) is 0.0769. The van der Waals surface area contributed by atoms with Crippen molar-refractivity contribution in [2.24, 2.45) is 0 Å². The van der Waals surface area contributed by atoms with Gasteiger partial charge in [0.15, 0.2) is 5.76 Å². The highest BCUT2D eigenvalue weighted by molar-refractivity contribution is 6.41. The summed E-state index contributed by atoms with van der Waals surface area (Å²) in [5.74, 6) is -1.27. The van der Waals surface area contributed by atoms with Crippen molar-refractivity contribution in [3.63, 3.8) is 0 Å². The van der Waals surface area contributed by atoms with Gasteiger partial charge in [0, 0.05) is 6.54 Å². The summed E-state index contributed by atoms with van der Waals surface area (Å²) in [6.45, 7) is 0.326. The molecular weight excluding hydrogens is 218 g/mol. The number of hydrogen-bond donors (Lipinski definition) is 1. The SMILES string of the molecule is O=C(NCc1ccccc1)C(=O)c1ccco1. The second-order valence-corrected chi connectivity index (χ2v) is 3.47. The topological polar surface area (TPSA) is 59.3 Å². The van der Waals surface area contributed by atoms with Gasteiger partial charge < -0.3 is 9.73 Å². The molecule has 0 aliphatic carbocycles. The lowest BCUT2D eigenvalue weighted by atomic mass is 10.2. The molecule has 0 atom stereocenters. The molecule has 1 aromatic carbocycles. The highest BCUT2D eigenvalue weighted by Crippen LogP contribution is 2.02. The fourth-order valence-corrected chi connectivity index (χ4v) is 1.38. The van der Waals surface area contributed by atoms with E-state index >= 15 is 0 Å². The molecule has 0 saturated heterocycles. The Balaban J connectivity index is 1.92. The van der Waals surface area contributed by atoms with Crippen LogP contribution in [0.3, 0.4) is 0 Å². The fourth-order valence-electron chi connectivity index (χ4n) is 1.38. The van der Waals surface area contributed by atoms with Crippen LogP contribution in [-0.4, -0.2) is 11.7 Å². The Morgan fingerprint density at radius 1 is 1.06 bits per heavy atom. The molecule has 0 radical (unpaired) electrons. The van der Waals surface area contributed by atoms with E-state index in [-0.39, 0.29) is 5.76 Å². The standard InChI is InChI=1S/C13H11NO3/c15-12(11-7-4-8-17-11)13(16)14-9-10-5-2-1-3-6-10/h1-8H,9H2,(H,14,16). The smallest absolute Gasteiger partial charge is 0.296 e. The Labute approximate surface area is 98.3 Å². The van der Waals surface area contributed by atoms with Gasteiger partial charge in [-0.25, -0.2) is 0 Å². The van der Waals surface area contributed by atoms with Crippen LogP contribution < -0.4 is 5.32 Å². The molecular formula is C13H11NO3. The van der Waals surface area contributed by atoms with Gasteiger partial charge in [0.25, 0.3) is 11.7 Å². The van der Waals surface area contributed by atoms with Crippen LogP contribution in [0.5, 0.6) is 0 Å². The minimum atomic E-state index is -0.663. The van der Waals surface area contributed by atoms with Gasteiger partial charge >= 0.3 is 0 Å². The second kappa shape index (κ2) is 5.12. The van der Waals surface area contributed by atoms with E-state index in [1.54, 1.807) is 6.07 Å². The number of benzene rings is 1. The largest absolute Gasteiger partial charge is 0.461 e. The van der Waals surface area contributed by atoms with Crippen molar-refractivity contribution in [2.75, 3.05) is 0 Å². The molecule has 86 valence electrons. The first kappa shape index (κ1) is 11.1. The molecule has 1 heterocycles. The van der Waals surface area contributed by atoms with E-state index in [1.165, 1.54) is 12.3 Å². The number of nitrogens with one attached hydrogen (secondary N) is 1. The van der Waals surface area contributed by atoms with Crippen LogP contribution in [0.2, 0.25) is 0 Å². The molecule has 0 aliphatic rings. The highest BCUT2D eigenvalue weighted by Gasteiger charge is 2.17. The molecule has 1 N–H and O–H groups in total. The van der Waals surface area contributed by atoms with Crippen molar-refractivity contribution in [3.8, 4) is 0 Å². The first-order valence-electron chi connectivity index (χ1n) is 5.17. The Morgan fingerprint density at radius 3 is 2.47 bits per heavy atom. The van der Waals surface area contributed by atoms with Gasteiger partial charge in [-0.3, -0.25) is 9.59 Å². The Morgan fingerprint density at radius 2 is 1.82 bits per heavy atom. The van der Waals surface area contributed by atoms with Crippen LogP contribution in [0, 0.1) is 0 Å². The third-order valence-electron chi connectivity index (χ3n) is 2.25. The number of carbonyl (C=O) groups excluding carboxylic acids is 2. The molecule has 2 rings (SSSR count). The Hall–Kier alpha value is -2.36. The number of Topliss-reactive ketones (excluding diaryl/α,β-unsaturated/α-hetero) is 1. The molecule has 17 heavy (non-hydrogen) atoms. The van der Waals surface area contributed by atoms with E-state index < -0.39 is 11.7 Å². The zero-order valence-corrected chi connectivity index (χ0v) is 9.05. The molecule has 0 unspecified atom stereocenters. The van der Waals surface area contributed by atoms with Crippen molar-refractivity contribution in [2.45, 2.75) is 6.54 Å². The number of hydrogen-bond acceptors (Lipinski definition) is 3. The number of carbonyl (C=O) groups is 2. The first-order valence-corrected chi connectivity index (χ1v) is 5.17. The average Bonchev–Trinajstić information content (AvgIpc) is 2.90. The van der Waals surface area contributed by atoms with Gasteiger partial charge in [-0.05, 0) is 17.7 Å². The van der Waals surface area contributed by atoms with Crippen LogP contribution in [0.4, 0.5) is 0 Å². The molecule has 1 aromatic heterocycles. The minimum Gasteiger partial charge on any atom is -0.461 e. The summed E-state index contributed by atoms with van der Waals surface area (Å²) >= 11 is 0. The first-order chi connectivity index (χ1) is 8.27. The van der Waals surface area contributed by atoms with E-state index in [4.69, 9.17) is 4.42 Å². The minimum absolute atomic E-state index is 0.0514. The average molecular weight is 229 g/mol. The van der Waals surface area contributed by atoms with E-state index in [2.05, 4.69) is 5.32 Å². The van der Waals surface area contributed by atoms with Crippen LogP contribution in [0.25, 0.3) is 0 Å². The normalized spacial score (nSPS) is 9.88. The molecule has 0 aliphatic heterocycles. The molecule has 1 amide bonds. The van der Waals surface area contributed by atoms with Gasteiger partial charge in [0.1, 0.15) is 0 Å². The maximum absolute atomic E-state index is 11.5. The summed E-state index contributed by atoms with van der Waals surface area (Å²) in [6.07, 6.45) is 1.36. The van der Waals surface area contributed by atoms with Crippen molar-refractivity contribution in [3.05, 3.63) is 60.1 Å². The zero-order valence-electron chi connectivity index (χ0n) is 9.05. The maximum Gasteiger partial charge on any atom is 0.296 e. The number of rotatable bonds is 4. The van der Waals surface area contributed by atoms with Crippen molar-refractivity contribution in [1.82, 2.24) is 5.32 Å². The second-order valence-electron chi connectivity index (χ2n) is 3.47. The summed E-state index contributed by atoms with van der Waals surface area (Å²) in [6, 6.07) is 12.4. The van der Waals surface area contributed by atoms with Crippen LogP contribution >= 0.6 is 0 Å². The number of furan rings is 1. The van der Waals surface area contributed by atoms with E-state index in [9.17, 15) is 9.59 Å². The van der Waals surface area contributed by atoms with Gasteiger partial charge in [-0.2, -0.15) is 0 Å². The lowest BCUT2D eigenvalue weighted by Crippen LogP contribution is -2.30. The van der Waals surface area contributed by atoms with Gasteiger partial charge in [0.05, 0.1) is 6.26 Å². The van der Waals surface area contributed by atoms with Crippen LogP contribution in [-0.2, 0) is 11.3 Å². The quantitative estimate of drug-likeness (QED) is 0.642. The van der Waals surface area contributed by atoms with E-state index in [0.717, 1.165) is 5.56 Å². The molecule has 0 fully saturated rings. The highest BCUT2D eigenvalue weighted by atomic mass is 16.3. The van der Waals surface area contributed by atoms with Crippen molar-refractivity contribution >= 4 is 11.7 Å². The predicted molar refractivity (Wildman–Crippen MR) is 61.3 cm³/mol. The molecule has 0 spiro atoms. The number of amides is 1. The summed E-state index contributed by atoms with van der Waals surface area (Å²) in [4.78, 5) is 23.0. The molecule has 4 heteroatoms.